The standard InChI is InChI=1S/C17H19N5O5/c18-20-19-14(12-6-8-21(9-7-12)16(24)25)15(23)22-13(10-27-17(22)26)11-4-2-1-3-5-11/h1-5,12-14,18H,6-10H2/t13?,14-/m0/s1. The van der Waals surface area contributed by atoms with Crippen molar-refractivity contribution < 1.29 is 24.2 Å². The molecule has 2 heterocycles. The molecule has 142 valence electrons. The summed E-state index contributed by atoms with van der Waals surface area (Å²) in [5.41, 5.74) is 7.80. The van der Waals surface area contributed by atoms with E-state index in [-0.39, 0.29) is 25.6 Å². The molecule has 0 spiro atoms. The van der Waals surface area contributed by atoms with Gasteiger partial charge in [-0.05, 0) is 18.4 Å². The number of hydrogen-bond donors (Lipinski definition) is 1. The van der Waals surface area contributed by atoms with Crippen LogP contribution in [0.4, 0.5) is 9.59 Å². The highest BCUT2D eigenvalue weighted by atomic mass is 16.6. The molecule has 0 bridgehead atoms. The van der Waals surface area contributed by atoms with Gasteiger partial charge in [-0.1, -0.05) is 30.3 Å². The Hall–Kier alpha value is -3.26. The third-order valence-corrected chi connectivity index (χ3v) is 4.97. The molecular formula is C17H19N5O5. The van der Waals surface area contributed by atoms with Crippen LogP contribution in [0.25, 0.3) is 0 Å². The summed E-state index contributed by atoms with van der Waals surface area (Å²) in [5.74, 6) is -0.915. The average molecular weight is 373 g/mol. The Kier molecular flexibility index (Phi) is 5.46. The first-order valence-corrected chi connectivity index (χ1v) is 8.60. The monoisotopic (exact) mass is 373 g/mol. The summed E-state index contributed by atoms with van der Waals surface area (Å²) in [5, 5.41) is 14.7. The second-order valence-electron chi connectivity index (χ2n) is 6.46. The van der Waals surface area contributed by atoms with Gasteiger partial charge in [0.05, 0.1) is 0 Å². The van der Waals surface area contributed by atoms with Gasteiger partial charge in [-0.3, -0.25) is 4.79 Å². The molecule has 2 saturated heterocycles. The molecule has 3 amide bonds. The second kappa shape index (κ2) is 7.96. The molecule has 2 atom stereocenters. The summed E-state index contributed by atoms with van der Waals surface area (Å²) in [7, 11) is 0. The van der Waals surface area contributed by atoms with Crippen molar-refractivity contribution in [2.75, 3.05) is 19.7 Å². The van der Waals surface area contributed by atoms with Crippen molar-refractivity contribution >= 4 is 18.1 Å². The zero-order valence-electron chi connectivity index (χ0n) is 14.5. The highest BCUT2D eigenvalue weighted by molar-refractivity contribution is 5.96. The minimum absolute atomic E-state index is 0.0441. The highest BCUT2D eigenvalue weighted by Gasteiger charge is 2.46. The quantitative estimate of drug-likeness (QED) is 0.610. The van der Waals surface area contributed by atoms with Crippen molar-refractivity contribution in [1.29, 1.82) is 5.53 Å². The Morgan fingerprint density at radius 3 is 2.52 bits per heavy atom. The predicted octanol–water partition coefficient (Wildman–Crippen LogP) is 0.681. The first-order valence-electron chi connectivity index (χ1n) is 8.60. The van der Waals surface area contributed by atoms with Gasteiger partial charge in [-0.25, -0.2) is 9.69 Å². The third-order valence-electron chi connectivity index (χ3n) is 4.97. The molecule has 0 radical (unpaired) electrons. The SMILES string of the molecule is N=[N+]=N[C@H](C(=O)N1C(=O)OCC1c1ccccc1)C1CCN(C(=O)[O-])CC1. The van der Waals surface area contributed by atoms with Gasteiger partial charge in [0.2, 0.25) is 11.0 Å². The van der Waals surface area contributed by atoms with E-state index in [9.17, 15) is 19.5 Å². The lowest BCUT2D eigenvalue weighted by Crippen LogP contribution is -2.50. The number of imide groups is 1. The Morgan fingerprint density at radius 2 is 1.93 bits per heavy atom. The Labute approximate surface area is 154 Å². The fraction of sp³-hybridized carbons (Fsp3) is 0.471. The number of piperidine rings is 1. The number of nitrogens with zero attached hydrogens (tertiary/aromatic N) is 4. The number of rotatable bonds is 4. The lowest BCUT2D eigenvalue weighted by Gasteiger charge is -2.34. The molecule has 2 aliphatic rings. The van der Waals surface area contributed by atoms with Gasteiger partial charge in [-0.15, -0.1) is 0 Å². The van der Waals surface area contributed by atoms with Crippen molar-refractivity contribution in [3.8, 4) is 0 Å². The van der Waals surface area contributed by atoms with Gasteiger partial charge in [0, 0.05) is 19.0 Å². The van der Waals surface area contributed by atoms with Crippen molar-refractivity contribution in [3.05, 3.63) is 35.9 Å². The van der Waals surface area contributed by atoms with Crippen LogP contribution in [0, 0.1) is 11.4 Å². The molecule has 1 unspecified atom stereocenters. The van der Waals surface area contributed by atoms with Gasteiger partial charge in [-0.2, -0.15) is 0 Å². The fourth-order valence-electron chi connectivity index (χ4n) is 3.53. The Balaban J connectivity index is 1.80. The van der Waals surface area contributed by atoms with E-state index in [1.807, 2.05) is 6.07 Å². The lowest BCUT2D eigenvalue weighted by molar-refractivity contribution is -0.266. The highest BCUT2D eigenvalue weighted by Crippen LogP contribution is 2.31. The number of cyclic esters (lactones) is 1. The van der Waals surface area contributed by atoms with E-state index in [1.54, 1.807) is 24.3 Å². The largest absolute Gasteiger partial charge is 0.530 e. The van der Waals surface area contributed by atoms with E-state index >= 15 is 0 Å². The number of hydrogen-bond acceptors (Lipinski definition) is 7. The summed E-state index contributed by atoms with van der Waals surface area (Å²) in [6.45, 7) is 0.455. The minimum Gasteiger partial charge on any atom is -0.530 e. The zero-order valence-corrected chi connectivity index (χ0v) is 14.5. The molecule has 10 nitrogen and oxygen atoms in total. The van der Waals surface area contributed by atoms with Crippen LogP contribution >= 0.6 is 0 Å². The van der Waals surface area contributed by atoms with Gasteiger partial charge >= 0.3 is 6.09 Å². The van der Waals surface area contributed by atoms with Crippen LogP contribution in [0.1, 0.15) is 24.4 Å². The number of benzene rings is 1. The fourth-order valence-corrected chi connectivity index (χ4v) is 3.53. The number of nitrogens with one attached hydrogen (secondary N) is 1. The number of likely N-dealkylation sites (tertiary alicyclic amines) is 1. The van der Waals surface area contributed by atoms with E-state index in [0.717, 1.165) is 15.4 Å². The normalized spacial score (nSPS) is 21.3. The maximum absolute atomic E-state index is 13.1. The zero-order chi connectivity index (χ0) is 19.4. The van der Waals surface area contributed by atoms with Crippen molar-refractivity contribution in [3.63, 3.8) is 0 Å². The molecule has 0 aliphatic carbocycles. The Bertz CT molecular complexity index is 771. The molecule has 1 aromatic carbocycles. The summed E-state index contributed by atoms with van der Waals surface area (Å²) in [4.78, 5) is 41.4. The predicted molar refractivity (Wildman–Crippen MR) is 88.1 cm³/mol. The van der Waals surface area contributed by atoms with Gasteiger partial charge in [0.15, 0.2) is 0 Å². The third kappa shape index (κ3) is 3.80. The number of amides is 3. The maximum atomic E-state index is 13.1. The summed E-state index contributed by atoms with van der Waals surface area (Å²) in [6.07, 6.45) is -1.29. The van der Waals surface area contributed by atoms with E-state index in [0.29, 0.717) is 12.8 Å². The molecule has 1 N–H and O–H groups in total. The van der Waals surface area contributed by atoms with Crippen LogP contribution in [0.15, 0.2) is 35.4 Å². The lowest BCUT2D eigenvalue weighted by atomic mass is 9.88. The van der Waals surface area contributed by atoms with Crippen molar-refractivity contribution in [1.82, 2.24) is 14.7 Å². The molecule has 27 heavy (non-hydrogen) atoms. The van der Waals surface area contributed by atoms with Crippen LogP contribution in [0.3, 0.4) is 0 Å². The minimum atomic E-state index is -1.26. The molecule has 0 aromatic heterocycles. The van der Waals surface area contributed by atoms with E-state index in [2.05, 4.69) is 10.0 Å². The van der Waals surface area contributed by atoms with Crippen LogP contribution in [0.2, 0.25) is 0 Å². The van der Waals surface area contributed by atoms with Gasteiger partial charge in [0.1, 0.15) is 29.4 Å². The second-order valence-corrected chi connectivity index (χ2v) is 6.46. The van der Waals surface area contributed by atoms with E-state index < -0.39 is 30.2 Å². The molecule has 0 saturated carbocycles. The number of carboxylic acid groups (broad SMARTS) is 1. The molecule has 10 heteroatoms. The average Bonchev–Trinajstić information content (AvgIpc) is 3.08. The van der Waals surface area contributed by atoms with E-state index in [1.165, 1.54) is 0 Å². The van der Waals surface area contributed by atoms with Crippen LogP contribution in [-0.2, 0) is 9.53 Å². The van der Waals surface area contributed by atoms with Gasteiger partial charge < -0.3 is 19.5 Å². The van der Waals surface area contributed by atoms with Crippen LogP contribution in [0.5, 0.6) is 0 Å². The molecular weight excluding hydrogens is 354 g/mol. The smallest absolute Gasteiger partial charge is 0.417 e. The first kappa shape index (κ1) is 18.5. The topological polar surface area (TPSA) is 140 Å². The van der Waals surface area contributed by atoms with Crippen LogP contribution in [-0.4, -0.2) is 53.6 Å². The van der Waals surface area contributed by atoms with E-state index in [4.69, 9.17) is 10.3 Å². The van der Waals surface area contributed by atoms with Gasteiger partial charge in [0.25, 0.3) is 5.91 Å². The number of carbonyl (C=O) groups excluding carboxylic acids is 3. The molecule has 2 aliphatic heterocycles. The number of carbonyl (C=O) groups is 3. The summed E-state index contributed by atoms with van der Waals surface area (Å²) in [6, 6.07) is 7.42. The van der Waals surface area contributed by atoms with Crippen LogP contribution < -0.4 is 10.0 Å². The molecule has 2 fully saturated rings. The summed E-state index contributed by atoms with van der Waals surface area (Å²) >= 11 is 0. The molecule has 1 aromatic rings. The van der Waals surface area contributed by atoms with Crippen molar-refractivity contribution in [2.45, 2.75) is 24.9 Å². The molecule has 3 rings (SSSR count). The first-order chi connectivity index (χ1) is 13.0. The Morgan fingerprint density at radius 1 is 1.26 bits per heavy atom. The summed E-state index contributed by atoms with van der Waals surface area (Å²) < 4.78 is 5.07. The number of ether oxygens (including phenoxy) is 1. The maximum Gasteiger partial charge on any atom is 0.417 e. The van der Waals surface area contributed by atoms with Crippen molar-refractivity contribution in [2.24, 2.45) is 11.0 Å².